The molecule has 0 amide bonds. The van der Waals surface area contributed by atoms with Crippen molar-refractivity contribution in [1.82, 2.24) is 15.3 Å². The summed E-state index contributed by atoms with van der Waals surface area (Å²) >= 11 is 0. The van der Waals surface area contributed by atoms with Crippen LogP contribution in [0.15, 0.2) is 0 Å². The standard InChI is InChI=1S/C13H19N3O2/c1-3-4-5-11-15-10-6-7-14-8-9(10)12(16-11)13(17)18-2/h14H,3-8H2,1-2H3. The summed E-state index contributed by atoms with van der Waals surface area (Å²) in [6.45, 7) is 3.68. The summed E-state index contributed by atoms with van der Waals surface area (Å²) in [6, 6.07) is 0. The van der Waals surface area contributed by atoms with Gasteiger partial charge in [-0.25, -0.2) is 14.8 Å². The number of hydrogen-bond acceptors (Lipinski definition) is 5. The maximum absolute atomic E-state index is 11.8. The van der Waals surface area contributed by atoms with Crippen molar-refractivity contribution in [3.63, 3.8) is 0 Å². The van der Waals surface area contributed by atoms with E-state index in [9.17, 15) is 4.79 Å². The molecule has 5 nitrogen and oxygen atoms in total. The lowest BCUT2D eigenvalue weighted by Crippen LogP contribution is -2.28. The fourth-order valence-electron chi connectivity index (χ4n) is 2.11. The number of hydrogen-bond donors (Lipinski definition) is 1. The number of fused-ring (bicyclic) bond motifs is 1. The number of esters is 1. The van der Waals surface area contributed by atoms with Crippen LogP contribution < -0.4 is 5.32 Å². The van der Waals surface area contributed by atoms with Crippen LogP contribution in [0.2, 0.25) is 0 Å². The third kappa shape index (κ3) is 2.67. The molecule has 0 radical (unpaired) electrons. The molecule has 18 heavy (non-hydrogen) atoms. The van der Waals surface area contributed by atoms with Gasteiger partial charge in [-0.1, -0.05) is 13.3 Å². The fourth-order valence-corrected chi connectivity index (χ4v) is 2.11. The molecule has 1 N–H and O–H groups in total. The van der Waals surface area contributed by atoms with Gasteiger partial charge in [-0.05, 0) is 6.42 Å². The van der Waals surface area contributed by atoms with Crippen molar-refractivity contribution in [2.24, 2.45) is 0 Å². The van der Waals surface area contributed by atoms with Gasteiger partial charge >= 0.3 is 5.97 Å². The molecular formula is C13H19N3O2. The zero-order chi connectivity index (χ0) is 13.0. The molecule has 2 rings (SSSR count). The number of aromatic nitrogens is 2. The summed E-state index contributed by atoms with van der Waals surface area (Å²) in [4.78, 5) is 20.7. The fraction of sp³-hybridized carbons (Fsp3) is 0.615. The second kappa shape index (κ2) is 5.91. The summed E-state index contributed by atoms with van der Waals surface area (Å²) in [5.74, 6) is 0.396. The van der Waals surface area contributed by atoms with Crippen LogP contribution in [-0.2, 0) is 24.1 Å². The van der Waals surface area contributed by atoms with Crippen molar-refractivity contribution in [2.75, 3.05) is 13.7 Å². The largest absolute Gasteiger partial charge is 0.464 e. The van der Waals surface area contributed by atoms with Crippen LogP contribution in [-0.4, -0.2) is 29.6 Å². The minimum Gasteiger partial charge on any atom is -0.464 e. The molecule has 1 aromatic rings. The first-order valence-corrected chi connectivity index (χ1v) is 6.44. The molecular weight excluding hydrogens is 230 g/mol. The van der Waals surface area contributed by atoms with Crippen molar-refractivity contribution in [2.45, 2.75) is 39.2 Å². The molecule has 0 atom stereocenters. The van der Waals surface area contributed by atoms with E-state index in [0.29, 0.717) is 12.2 Å². The van der Waals surface area contributed by atoms with Gasteiger partial charge in [-0.2, -0.15) is 0 Å². The van der Waals surface area contributed by atoms with Gasteiger partial charge in [0.05, 0.1) is 12.8 Å². The number of unbranched alkanes of at least 4 members (excludes halogenated alkanes) is 1. The summed E-state index contributed by atoms with van der Waals surface area (Å²) < 4.78 is 4.80. The van der Waals surface area contributed by atoms with Crippen LogP contribution in [0.25, 0.3) is 0 Å². The lowest BCUT2D eigenvalue weighted by molar-refractivity contribution is 0.0591. The number of methoxy groups -OCH3 is 1. The van der Waals surface area contributed by atoms with Gasteiger partial charge in [0, 0.05) is 31.5 Å². The Labute approximate surface area is 107 Å². The molecule has 2 heterocycles. The van der Waals surface area contributed by atoms with Crippen LogP contribution in [0.1, 0.15) is 47.3 Å². The molecule has 0 saturated carbocycles. The second-order valence-electron chi connectivity index (χ2n) is 4.44. The van der Waals surface area contributed by atoms with E-state index in [4.69, 9.17) is 4.74 Å². The molecule has 1 aliphatic heterocycles. The molecule has 98 valence electrons. The monoisotopic (exact) mass is 249 g/mol. The number of ether oxygens (including phenoxy) is 1. The Balaban J connectivity index is 2.37. The van der Waals surface area contributed by atoms with Gasteiger partial charge in [0.25, 0.3) is 0 Å². The van der Waals surface area contributed by atoms with E-state index < -0.39 is 0 Å². The summed E-state index contributed by atoms with van der Waals surface area (Å²) in [6.07, 6.45) is 3.80. The average molecular weight is 249 g/mol. The molecule has 0 aromatic carbocycles. The number of carbonyl (C=O) groups excluding carboxylic acids is 1. The second-order valence-corrected chi connectivity index (χ2v) is 4.44. The van der Waals surface area contributed by atoms with Crippen molar-refractivity contribution >= 4 is 5.97 Å². The van der Waals surface area contributed by atoms with Gasteiger partial charge < -0.3 is 10.1 Å². The first-order valence-electron chi connectivity index (χ1n) is 6.44. The van der Waals surface area contributed by atoms with Gasteiger partial charge in [0.15, 0.2) is 5.69 Å². The highest BCUT2D eigenvalue weighted by atomic mass is 16.5. The van der Waals surface area contributed by atoms with Crippen LogP contribution in [0, 0.1) is 0 Å². The molecule has 0 spiro atoms. The highest BCUT2D eigenvalue weighted by Gasteiger charge is 2.22. The Kier molecular flexibility index (Phi) is 4.25. The number of rotatable bonds is 4. The lowest BCUT2D eigenvalue weighted by Gasteiger charge is -2.19. The van der Waals surface area contributed by atoms with E-state index in [1.165, 1.54) is 7.11 Å². The van der Waals surface area contributed by atoms with Crippen molar-refractivity contribution in [1.29, 1.82) is 0 Å². The van der Waals surface area contributed by atoms with Crippen molar-refractivity contribution in [3.05, 3.63) is 22.8 Å². The van der Waals surface area contributed by atoms with E-state index in [-0.39, 0.29) is 5.97 Å². The normalized spacial score (nSPS) is 14.1. The van der Waals surface area contributed by atoms with Crippen LogP contribution in [0.3, 0.4) is 0 Å². The topological polar surface area (TPSA) is 64.1 Å². The van der Waals surface area contributed by atoms with Gasteiger partial charge in [0.2, 0.25) is 0 Å². The highest BCUT2D eigenvalue weighted by Crippen LogP contribution is 2.17. The Morgan fingerprint density at radius 1 is 1.44 bits per heavy atom. The number of aryl methyl sites for hydroxylation is 1. The molecule has 0 saturated heterocycles. The van der Waals surface area contributed by atoms with E-state index in [1.807, 2.05) is 0 Å². The zero-order valence-electron chi connectivity index (χ0n) is 11.0. The zero-order valence-corrected chi connectivity index (χ0v) is 11.0. The van der Waals surface area contributed by atoms with E-state index in [1.54, 1.807) is 0 Å². The van der Waals surface area contributed by atoms with Gasteiger partial charge in [0.1, 0.15) is 5.82 Å². The van der Waals surface area contributed by atoms with Gasteiger partial charge in [-0.15, -0.1) is 0 Å². The maximum atomic E-state index is 11.8. The molecule has 5 heteroatoms. The first kappa shape index (κ1) is 13.0. The van der Waals surface area contributed by atoms with Gasteiger partial charge in [-0.3, -0.25) is 0 Å². The average Bonchev–Trinajstić information content (AvgIpc) is 2.43. The molecule has 0 bridgehead atoms. The maximum Gasteiger partial charge on any atom is 0.357 e. The first-order chi connectivity index (χ1) is 8.76. The van der Waals surface area contributed by atoms with Crippen molar-refractivity contribution < 1.29 is 9.53 Å². The predicted molar refractivity (Wildman–Crippen MR) is 67.4 cm³/mol. The van der Waals surface area contributed by atoms with Crippen LogP contribution >= 0.6 is 0 Å². The summed E-state index contributed by atoms with van der Waals surface area (Å²) in [5.41, 5.74) is 2.32. The Morgan fingerprint density at radius 3 is 3.00 bits per heavy atom. The SMILES string of the molecule is CCCCc1nc2c(c(C(=O)OC)n1)CNCC2. The van der Waals surface area contributed by atoms with E-state index >= 15 is 0 Å². The molecule has 0 fully saturated rings. The van der Waals surface area contributed by atoms with Crippen molar-refractivity contribution in [3.8, 4) is 0 Å². The minimum atomic E-state index is -0.366. The Hall–Kier alpha value is -1.49. The van der Waals surface area contributed by atoms with Crippen LogP contribution in [0.5, 0.6) is 0 Å². The number of nitrogens with zero attached hydrogens (tertiary/aromatic N) is 2. The Bertz CT molecular complexity index is 446. The third-order valence-corrected chi connectivity index (χ3v) is 3.11. The highest BCUT2D eigenvalue weighted by molar-refractivity contribution is 5.89. The smallest absolute Gasteiger partial charge is 0.357 e. The third-order valence-electron chi connectivity index (χ3n) is 3.11. The molecule has 0 unspecified atom stereocenters. The quantitative estimate of drug-likeness (QED) is 0.814. The number of carbonyl (C=O) groups is 1. The minimum absolute atomic E-state index is 0.366. The summed E-state index contributed by atoms with van der Waals surface area (Å²) in [7, 11) is 1.39. The van der Waals surface area contributed by atoms with Crippen LogP contribution in [0.4, 0.5) is 0 Å². The van der Waals surface area contributed by atoms with E-state index in [0.717, 1.165) is 49.3 Å². The molecule has 0 aliphatic carbocycles. The molecule has 1 aliphatic rings. The summed E-state index contributed by atoms with van der Waals surface area (Å²) in [5, 5.41) is 3.24. The lowest BCUT2D eigenvalue weighted by atomic mass is 10.0. The predicted octanol–water partition coefficient (Wildman–Crippen LogP) is 1.25. The molecule has 1 aromatic heterocycles. The Morgan fingerprint density at radius 2 is 2.28 bits per heavy atom. The van der Waals surface area contributed by atoms with E-state index in [2.05, 4.69) is 22.2 Å². The number of nitrogens with one attached hydrogen (secondary N) is 1.